The van der Waals surface area contributed by atoms with E-state index in [2.05, 4.69) is 30.8 Å². The molecule has 32 heavy (non-hydrogen) atoms. The SMILES string of the molecule is C=Cc1c(/C=C(\C)c2c(F)cc(CNC)cc2F)c(N)nn1C(=O)OC(C)(C)C.CCC. The van der Waals surface area contributed by atoms with E-state index in [0.29, 0.717) is 17.7 Å². The first-order chi connectivity index (χ1) is 14.9. The summed E-state index contributed by atoms with van der Waals surface area (Å²) in [4.78, 5) is 12.4. The van der Waals surface area contributed by atoms with Crippen LogP contribution in [0.1, 0.15) is 70.3 Å². The van der Waals surface area contributed by atoms with Crippen molar-refractivity contribution in [2.75, 3.05) is 12.8 Å². The fraction of sp³-hybridized carbons (Fsp3) is 0.417. The van der Waals surface area contributed by atoms with Crippen molar-refractivity contribution in [1.82, 2.24) is 15.1 Å². The number of carbonyl (C=O) groups excluding carboxylic acids is 1. The normalized spacial score (nSPS) is 11.6. The smallest absolute Gasteiger partial charge is 0.435 e. The zero-order chi connectivity index (χ0) is 24.6. The van der Waals surface area contributed by atoms with Gasteiger partial charge in [0.25, 0.3) is 0 Å². The van der Waals surface area contributed by atoms with E-state index >= 15 is 0 Å². The number of nitrogens with zero attached hydrogens (tertiary/aromatic N) is 2. The van der Waals surface area contributed by atoms with Crippen LogP contribution in [-0.2, 0) is 11.3 Å². The summed E-state index contributed by atoms with van der Waals surface area (Å²) in [6, 6.07) is 2.54. The topological polar surface area (TPSA) is 82.2 Å². The molecule has 1 aromatic carbocycles. The molecule has 0 spiro atoms. The van der Waals surface area contributed by atoms with Crippen molar-refractivity contribution in [2.24, 2.45) is 0 Å². The highest BCUT2D eigenvalue weighted by molar-refractivity contribution is 5.88. The lowest BCUT2D eigenvalue weighted by Crippen LogP contribution is -2.28. The number of hydrogen-bond acceptors (Lipinski definition) is 5. The number of ether oxygens (including phenoxy) is 1. The Bertz CT molecular complexity index is 966. The number of anilines is 1. The number of nitrogens with one attached hydrogen (secondary N) is 1. The van der Waals surface area contributed by atoms with Crippen molar-refractivity contribution < 1.29 is 18.3 Å². The average Bonchev–Trinajstić information content (AvgIpc) is 2.96. The van der Waals surface area contributed by atoms with Crippen LogP contribution in [0.5, 0.6) is 0 Å². The molecule has 0 aliphatic rings. The maximum atomic E-state index is 14.5. The first-order valence-corrected chi connectivity index (χ1v) is 10.5. The monoisotopic (exact) mass is 448 g/mol. The predicted octanol–water partition coefficient (Wildman–Crippen LogP) is 5.87. The Hall–Kier alpha value is -3.00. The van der Waals surface area contributed by atoms with Crippen molar-refractivity contribution in [1.29, 1.82) is 0 Å². The molecule has 0 unspecified atom stereocenters. The van der Waals surface area contributed by atoms with Gasteiger partial charge in [-0.05, 0) is 70.2 Å². The van der Waals surface area contributed by atoms with Crippen molar-refractivity contribution in [3.8, 4) is 0 Å². The van der Waals surface area contributed by atoms with Gasteiger partial charge in [0.15, 0.2) is 5.82 Å². The molecule has 2 rings (SSSR count). The van der Waals surface area contributed by atoms with Gasteiger partial charge >= 0.3 is 6.09 Å². The number of nitrogen functional groups attached to an aromatic ring is 1. The van der Waals surface area contributed by atoms with E-state index < -0.39 is 23.3 Å². The Balaban J connectivity index is 0.00000161. The lowest BCUT2D eigenvalue weighted by atomic mass is 10.0. The van der Waals surface area contributed by atoms with Gasteiger partial charge in [0.05, 0.1) is 5.69 Å². The molecule has 8 heteroatoms. The molecule has 3 N–H and O–H groups in total. The molecule has 0 atom stereocenters. The van der Waals surface area contributed by atoms with E-state index in [-0.39, 0.29) is 22.6 Å². The van der Waals surface area contributed by atoms with Crippen molar-refractivity contribution >= 4 is 29.6 Å². The van der Waals surface area contributed by atoms with Crippen LogP contribution in [0, 0.1) is 11.6 Å². The van der Waals surface area contributed by atoms with Crippen molar-refractivity contribution in [3.63, 3.8) is 0 Å². The number of nitrogens with two attached hydrogens (primary N) is 1. The number of aromatic nitrogens is 2. The van der Waals surface area contributed by atoms with Crippen LogP contribution < -0.4 is 11.1 Å². The summed E-state index contributed by atoms with van der Waals surface area (Å²) in [5, 5.41) is 6.85. The summed E-state index contributed by atoms with van der Waals surface area (Å²) in [6.45, 7) is 15.0. The van der Waals surface area contributed by atoms with Gasteiger partial charge in [0.2, 0.25) is 0 Å². The third kappa shape index (κ3) is 7.02. The molecule has 0 fully saturated rings. The van der Waals surface area contributed by atoms with Gasteiger partial charge in [-0.2, -0.15) is 4.68 Å². The molecular weight excluding hydrogens is 414 g/mol. The van der Waals surface area contributed by atoms with E-state index in [0.717, 1.165) is 4.68 Å². The maximum Gasteiger partial charge on any atom is 0.435 e. The minimum atomic E-state index is -0.733. The fourth-order valence-electron chi connectivity index (χ4n) is 2.85. The van der Waals surface area contributed by atoms with Crippen molar-refractivity contribution in [3.05, 3.63) is 52.7 Å². The highest BCUT2D eigenvalue weighted by atomic mass is 19.1. The van der Waals surface area contributed by atoms with E-state index in [1.165, 1.54) is 30.7 Å². The Morgan fingerprint density at radius 3 is 2.25 bits per heavy atom. The molecule has 0 saturated heterocycles. The largest absolute Gasteiger partial charge is 0.442 e. The number of halogens is 2. The van der Waals surface area contributed by atoms with Crippen LogP contribution in [0.3, 0.4) is 0 Å². The molecule has 0 bridgehead atoms. The molecule has 0 aliphatic heterocycles. The van der Waals surface area contributed by atoms with E-state index in [4.69, 9.17) is 10.5 Å². The standard InChI is InChI=1S/C21H26F2N4O2.C3H8/c1-7-17-14(19(24)26-27(17)20(28)29-21(3,4)5)8-12(2)18-15(22)9-13(11-25-6)10-16(18)23;1-3-2/h7-10,25H,1,11H2,2-6H3,(H2,24,26);3H2,1-2H3/b12-8+;. The van der Waals surface area contributed by atoms with Crippen LogP contribution >= 0.6 is 0 Å². The van der Waals surface area contributed by atoms with Gasteiger partial charge in [-0.3, -0.25) is 0 Å². The summed E-state index contributed by atoms with van der Waals surface area (Å²) in [6.07, 6.45) is 3.37. The first-order valence-electron chi connectivity index (χ1n) is 10.5. The summed E-state index contributed by atoms with van der Waals surface area (Å²) in [7, 11) is 1.69. The number of benzene rings is 1. The second kappa shape index (κ2) is 11.6. The second-order valence-electron chi connectivity index (χ2n) is 8.28. The van der Waals surface area contributed by atoms with E-state index in [9.17, 15) is 13.6 Å². The summed E-state index contributed by atoms with van der Waals surface area (Å²) >= 11 is 0. The van der Waals surface area contributed by atoms with Gasteiger partial charge in [0.1, 0.15) is 17.2 Å². The first kappa shape index (κ1) is 27.0. The third-order valence-corrected chi connectivity index (χ3v) is 3.99. The molecule has 1 aromatic heterocycles. The Morgan fingerprint density at radius 1 is 1.28 bits per heavy atom. The zero-order valence-corrected chi connectivity index (χ0v) is 20.0. The zero-order valence-electron chi connectivity index (χ0n) is 20.0. The fourth-order valence-corrected chi connectivity index (χ4v) is 2.85. The third-order valence-electron chi connectivity index (χ3n) is 3.99. The molecule has 0 saturated carbocycles. The summed E-state index contributed by atoms with van der Waals surface area (Å²) < 4.78 is 35.4. The predicted molar refractivity (Wildman–Crippen MR) is 127 cm³/mol. The number of carbonyl (C=O) groups is 1. The quantitative estimate of drug-likeness (QED) is 0.598. The van der Waals surface area contributed by atoms with Gasteiger partial charge in [-0.15, -0.1) is 5.10 Å². The molecule has 1 heterocycles. The second-order valence-corrected chi connectivity index (χ2v) is 8.28. The Morgan fingerprint density at radius 2 is 1.81 bits per heavy atom. The van der Waals surface area contributed by atoms with Crippen LogP contribution in [0.25, 0.3) is 17.7 Å². The van der Waals surface area contributed by atoms with Gasteiger partial charge < -0.3 is 15.8 Å². The number of allylic oxidation sites excluding steroid dienone is 1. The highest BCUT2D eigenvalue weighted by Crippen LogP contribution is 2.29. The molecular formula is C24H34F2N4O2. The van der Waals surface area contributed by atoms with Gasteiger partial charge in [-0.25, -0.2) is 13.6 Å². The molecule has 0 amide bonds. The lowest BCUT2D eigenvalue weighted by molar-refractivity contribution is 0.0514. The van der Waals surface area contributed by atoms with E-state index in [1.54, 1.807) is 34.7 Å². The van der Waals surface area contributed by atoms with Gasteiger partial charge in [-0.1, -0.05) is 26.8 Å². The van der Waals surface area contributed by atoms with E-state index in [1.807, 2.05) is 0 Å². The van der Waals surface area contributed by atoms with Crippen LogP contribution in [-0.4, -0.2) is 28.5 Å². The highest BCUT2D eigenvalue weighted by Gasteiger charge is 2.23. The summed E-state index contributed by atoms with van der Waals surface area (Å²) in [5.41, 5.74) is 6.41. The number of rotatable bonds is 5. The van der Waals surface area contributed by atoms with Crippen LogP contribution in [0.2, 0.25) is 0 Å². The lowest BCUT2D eigenvalue weighted by Gasteiger charge is -2.19. The van der Waals surface area contributed by atoms with Crippen molar-refractivity contribution in [2.45, 2.75) is 60.1 Å². The molecule has 0 aliphatic carbocycles. The Kier molecular flexibility index (Phi) is 9.78. The van der Waals surface area contributed by atoms with Crippen LogP contribution in [0.4, 0.5) is 19.4 Å². The van der Waals surface area contributed by atoms with Crippen LogP contribution in [0.15, 0.2) is 18.7 Å². The Labute approximate surface area is 189 Å². The minimum absolute atomic E-state index is 0.0118. The minimum Gasteiger partial charge on any atom is -0.442 e. The van der Waals surface area contributed by atoms with Gasteiger partial charge in [0, 0.05) is 17.7 Å². The summed E-state index contributed by atoms with van der Waals surface area (Å²) in [5.74, 6) is -1.37. The number of hydrogen-bond donors (Lipinski definition) is 2. The molecule has 6 nitrogen and oxygen atoms in total. The maximum absolute atomic E-state index is 14.5. The average molecular weight is 449 g/mol. The molecule has 176 valence electrons. The molecule has 0 radical (unpaired) electrons. The molecule has 2 aromatic rings.